The maximum Gasteiger partial charge on any atom is 0.262 e. The Morgan fingerprint density at radius 3 is 2.84 bits per heavy atom. The van der Waals surface area contributed by atoms with E-state index in [1.807, 2.05) is 12.1 Å². The molecule has 0 radical (unpaired) electrons. The summed E-state index contributed by atoms with van der Waals surface area (Å²) in [5.74, 6) is 5.24. The predicted molar refractivity (Wildman–Crippen MR) is 142 cm³/mol. The average molecular weight is 519 g/mol. The van der Waals surface area contributed by atoms with Crippen LogP contribution in [0.2, 0.25) is 0 Å². The van der Waals surface area contributed by atoms with Gasteiger partial charge in [0.1, 0.15) is 22.9 Å². The summed E-state index contributed by atoms with van der Waals surface area (Å²) in [4.78, 5) is 20.9. The fraction of sp³-hybridized carbons (Fsp3) is 0.333. The summed E-state index contributed by atoms with van der Waals surface area (Å²) >= 11 is 1.46. The van der Waals surface area contributed by atoms with E-state index >= 15 is 4.39 Å². The van der Waals surface area contributed by atoms with Crippen molar-refractivity contribution >= 4 is 33.1 Å². The molecule has 37 heavy (non-hydrogen) atoms. The van der Waals surface area contributed by atoms with Gasteiger partial charge < -0.3 is 10.4 Å². The van der Waals surface area contributed by atoms with Crippen LogP contribution in [0.5, 0.6) is 0 Å². The zero-order chi connectivity index (χ0) is 26.2. The smallest absolute Gasteiger partial charge is 0.262 e. The Morgan fingerprint density at radius 1 is 1.32 bits per heavy atom. The first-order chi connectivity index (χ1) is 17.7. The van der Waals surface area contributed by atoms with Crippen LogP contribution in [0.15, 0.2) is 42.7 Å². The van der Waals surface area contributed by atoms with E-state index in [0.717, 1.165) is 34.3 Å². The SMILES string of the molecule is Cn1cc(-c2ccc(C(=O)N(c3nccc4sc(C#CC(C)(C)O)cc34)[C@@H]3CCCNC3)c(F)c2)nn1. The number of nitrogens with one attached hydrogen (secondary N) is 1. The van der Waals surface area contributed by atoms with Gasteiger partial charge in [0, 0.05) is 35.4 Å². The van der Waals surface area contributed by atoms with Crippen molar-refractivity contribution in [3.63, 3.8) is 0 Å². The first-order valence-corrected chi connectivity index (χ1v) is 12.9. The summed E-state index contributed by atoms with van der Waals surface area (Å²) in [7, 11) is 1.74. The molecule has 5 rings (SSSR count). The van der Waals surface area contributed by atoms with E-state index in [4.69, 9.17) is 0 Å². The molecule has 0 aliphatic carbocycles. The molecule has 1 fully saturated rings. The lowest BCUT2D eigenvalue weighted by molar-refractivity contribution is 0.0968. The number of fused-ring (bicyclic) bond motifs is 1. The number of pyridine rings is 1. The highest BCUT2D eigenvalue weighted by atomic mass is 32.1. The number of benzene rings is 1. The molecule has 8 nitrogen and oxygen atoms in total. The van der Waals surface area contributed by atoms with E-state index in [2.05, 4.69) is 32.5 Å². The van der Waals surface area contributed by atoms with Gasteiger partial charge in [-0.25, -0.2) is 9.37 Å². The van der Waals surface area contributed by atoms with Crippen LogP contribution in [0, 0.1) is 17.7 Å². The molecule has 1 atom stereocenters. The van der Waals surface area contributed by atoms with Gasteiger partial charge in [-0.2, -0.15) is 0 Å². The van der Waals surface area contributed by atoms with E-state index in [0.29, 0.717) is 23.6 Å². The lowest BCUT2D eigenvalue weighted by atomic mass is 10.0. The van der Waals surface area contributed by atoms with Gasteiger partial charge in [0.05, 0.1) is 22.7 Å². The number of halogens is 1. The fourth-order valence-corrected chi connectivity index (χ4v) is 5.27. The van der Waals surface area contributed by atoms with Gasteiger partial charge in [0.2, 0.25) is 0 Å². The van der Waals surface area contributed by atoms with Crippen LogP contribution in [0.4, 0.5) is 10.2 Å². The number of nitrogens with zero attached hydrogens (tertiary/aromatic N) is 5. The summed E-state index contributed by atoms with van der Waals surface area (Å²) in [5.41, 5.74) is -0.0873. The van der Waals surface area contributed by atoms with Gasteiger partial charge in [-0.05, 0) is 57.5 Å². The largest absolute Gasteiger partial charge is 0.378 e. The minimum atomic E-state index is -1.12. The molecule has 1 saturated heterocycles. The fourth-order valence-electron chi connectivity index (χ4n) is 4.36. The molecule has 10 heteroatoms. The Balaban J connectivity index is 1.57. The molecule has 3 aromatic heterocycles. The predicted octanol–water partition coefficient (Wildman–Crippen LogP) is 3.75. The summed E-state index contributed by atoms with van der Waals surface area (Å²) < 4.78 is 17.8. The second-order valence-corrected chi connectivity index (χ2v) is 10.7. The second kappa shape index (κ2) is 10.0. The Morgan fingerprint density at radius 2 is 2.16 bits per heavy atom. The van der Waals surface area contributed by atoms with E-state index in [1.54, 1.807) is 44.3 Å². The van der Waals surface area contributed by atoms with Crippen LogP contribution in [-0.4, -0.2) is 55.7 Å². The highest BCUT2D eigenvalue weighted by Gasteiger charge is 2.32. The number of aromatic nitrogens is 4. The lowest BCUT2D eigenvalue weighted by Crippen LogP contribution is -2.49. The topological polar surface area (TPSA) is 96.2 Å². The number of aryl methyl sites for hydroxylation is 1. The van der Waals surface area contributed by atoms with Crippen molar-refractivity contribution in [1.29, 1.82) is 0 Å². The number of thiophene rings is 1. The van der Waals surface area contributed by atoms with Gasteiger partial charge in [-0.3, -0.25) is 14.4 Å². The zero-order valence-electron chi connectivity index (χ0n) is 20.8. The van der Waals surface area contributed by atoms with E-state index in [1.165, 1.54) is 28.2 Å². The van der Waals surface area contributed by atoms with Crippen molar-refractivity contribution in [3.8, 4) is 23.1 Å². The van der Waals surface area contributed by atoms with E-state index in [-0.39, 0.29) is 11.6 Å². The molecule has 1 aliphatic heterocycles. The maximum atomic E-state index is 15.4. The minimum absolute atomic E-state index is 0.0331. The van der Waals surface area contributed by atoms with E-state index < -0.39 is 17.3 Å². The molecule has 0 bridgehead atoms. The van der Waals surface area contributed by atoms with Crippen LogP contribution in [0.25, 0.3) is 21.3 Å². The van der Waals surface area contributed by atoms with Gasteiger partial charge in [0.15, 0.2) is 0 Å². The maximum absolute atomic E-state index is 15.4. The molecule has 1 amide bonds. The van der Waals surface area contributed by atoms with Crippen molar-refractivity contribution in [1.82, 2.24) is 25.3 Å². The lowest BCUT2D eigenvalue weighted by Gasteiger charge is -2.34. The summed E-state index contributed by atoms with van der Waals surface area (Å²) in [6.07, 6.45) is 5.01. The van der Waals surface area contributed by atoms with Crippen molar-refractivity contribution < 1.29 is 14.3 Å². The van der Waals surface area contributed by atoms with Crippen LogP contribution in [0.3, 0.4) is 0 Å². The zero-order valence-corrected chi connectivity index (χ0v) is 21.6. The van der Waals surface area contributed by atoms with Crippen molar-refractivity contribution in [3.05, 3.63) is 59.0 Å². The standard InChI is InChI=1S/C27H27FN6O2S/c1-27(2,36)10-8-19-14-21-24(37-19)9-12-30-25(21)34(18-5-4-11-29-15-18)26(35)20-7-6-17(13-22(20)28)23-16-33(3)32-31-23/h6-7,9,12-14,16,18,29,36H,4-5,11,15H2,1-3H3/t18-/m1/s1. The summed E-state index contributed by atoms with van der Waals surface area (Å²) in [6.45, 7) is 4.70. The Bertz CT molecular complexity index is 1520. The van der Waals surface area contributed by atoms with Gasteiger partial charge in [-0.15, -0.1) is 16.4 Å². The number of aliphatic hydroxyl groups is 1. The summed E-state index contributed by atoms with van der Waals surface area (Å²) in [6, 6.07) is 8.06. The number of carbonyl (C=O) groups excluding carboxylic acids is 1. The number of rotatable bonds is 4. The number of piperidine rings is 1. The van der Waals surface area contributed by atoms with Crippen LogP contribution in [0.1, 0.15) is 41.9 Å². The van der Waals surface area contributed by atoms with Crippen LogP contribution >= 0.6 is 11.3 Å². The van der Waals surface area contributed by atoms with Gasteiger partial charge in [0.25, 0.3) is 5.91 Å². The van der Waals surface area contributed by atoms with Gasteiger partial charge in [-0.1, -0.05) is 23.1 Å². The van der Waals surface area contributed by atoms with E-state index in [9.17, 15) is 9.90 Å². The monoisotopic (exact) mass is 518 g/mol. The summed E-state index contributed by atoms with van der Waals surface area (Å²) in [5, 5.41) is 22.0. The normalized spacial score (nSPS) is 15.9. The number of hydrogen-bond donors (Lipinski definition) is 2. The van der Waals surface area contributed by atoms with Crippen LogP contribution < -0.4 is 10.2 Å². The minimum Gasteiger partial charge on any atom is -0.378 e. The molecule has 4 heterocycles. The number of anilines is 1. The number of carbonyl (C=O) groups is 1. The molecular formula is C27H27FN6O2S. The molecule has 0 unspecified atom stereocenters. The molecule has 1 aromatic carbocycles. The van der Waals surface area contributed by atoms with Crippen LogP contribution in [-0.2, 0) is 7.05 Å². The number of amides is 1. The molecule has 2 N–H and O–H groups in total. The Labute approximate surface area is 218 Å². The van der Waals surface area contributed by atoms with Crippen molar-refractivity contribution in [2.75, 3.05) is 18.0 Å². The Kier molecular flexibility index (Phi) is 6.77. The second-order valence-electron chi connectivity index (χ2n) is 9.61. The molecule has 4 aromatic rings. The Hall–Kier alpha value is -3.65. The molecule has 0 saturated carbocycles. The first-order valence-electron chi connectivity index (χ1n) is 12.0. The third-order valence-corrected chi connectivity index (χ3v) is 7.11. The average Bonchev–Trinajstić information content (AvgIpc) is 3.49. The van der Waals surface area contributed by atoms with Crippen molar-refractivity contribution in [2.24, 2.45) is 7.05 Å². The highest BCUT2D eigenvalue weighted by molar-refractivity contribution is 7.19. The molecular weight excluding hydrogens is 491 g/mol. The quantitative estimate of drug-likeness (QED) is 0.400. The van der Waals surface area contributed by atoms with Gasteiger partial charge >= 0.3 is 0 Å². The molecule has 1 aliphatic rings. The number of hydrogen-bond acceptors (Lipinski definition) is 7. The molecule has 190 valence electrons. The van der Waals surface area contributed by atoms with Crippen molar-refractivity contribution in [2.45, 2.75) is 38.3 Å². The molecule has 0 spiro atoms. The highest BCUT2D eigenvalue weighted by Crippen LogP contribution is 2.34. The third kappa shape index (κ3) is 5.39. The third-order valence-electron chi connectivity index (χ3n) is 6.10. The first kappa shape index (κ1) is 25.0.